The fraction of sp³-hybridized carbons (Fsp3) is 0.167. The molecule has 1 N–H and O–H groups in total. The topological polar surface area (TPSA) is 85.2 Å². The molecule has 19 heavy (non-hydrogen) atoms. The van der Waals surface area contributed by atoms with E-state index < -0.39 is 5.97 Å². The second-order valence-electron chi connectivity index (χ2n) is 3.83. The number of esters is 1. The summed E-state index contributed by atoms with van der Waals surface area (Å²) in [6.45, 7) is 2.03. The summed E-state index contributed by atoms with van der Waals surface area (Å²) in [7, 11) is 0. The number of carbonyl (C=O) groups is 1. The van der Waals surface area contributed by atoms with Crippen molar-refractivity contribution in [3.8, 4) is 5.75 Å². The summed E-state index contributed by atoms with van der Waals surface area (Å²) < 4.78 is 9.16. The fourth-order valence-corrected chi connectivity index (χ4v) is 2.51. The van der Waals surface area contributed by atoms with Crippen molar-refractivity contribution >= 4 is 39.4 Å². The smallest absolute Gasteiger partial charge is 0.352 e. The number of aromatic hydroxyl groups is 1. The van der Waals surface area contributed by atoms with E-state index in [2.05, 4.69) is 14.6 Å². The summed E-state index contributed by atoms with van der Waals surface area (Å²) in [6, 6.07) is 4.74. The van der Waals surface area contributed by atoms with Crippen LogP contribution in [0.1, 0.15) is 16.6 Å². The molecule has 2 aromatic heterocycles. The molecule has 0 bridgehead atoms. The summed E-state index contributed by atoms with van der Waals surface area (Å²) in [5.41, 5.74) is 1.57. The summed E-state index contributed by atoms with van der Waals surface area (Å²) in [5.74, 6) is -0.337. The predicted molar refractivity (Wildman–Crippen MR) is 70.3 cm³/mol. The first-order chi connectivity index (χ1) is 9.20. The zero-order valence-electron chi connectivity index (χ0n) is 9.95. The van der Waals surface area contributed by atoms with Crippen LogP contribution in [0.5, 0.6) is 5.75 Å². The van der Waals surface area contributed by atoms with Gasteiger partial charge in [0.25, 0.3) is 0 Å². The molecule has 0 aliphatic heterocycles. The van der Waals surface area contributed by atoms with E-state index in [9.17, 15) is 9.90 Å². The number of carbonyl (C=O) groups excluding carboxylic acids is 1. The van der Waals surface area contributed by atoms with E-state index in [1.165, 1.54) is 6.07 Å². The number of phenolic OH excluding ortho intramolecular Hbond substituents is 1. The Balaban J connectivity index is 2.27. The van der Waals surface area contributed by atoms with Crippen LogP contribution in [0.4, 0.5) is 0 Å². The second kappa shape index (κ2) is 4.43. The van der Waals surface area contributed by atoms with Crippen molar-refractivity contribution in [2.24, 2.45) is 0 Å². The molecule has 96 valence electrons. The minimum atomic E-state index is -0.455. The van der Waals surface area contributed by atoms with Gasteiger partial charge in [0, 0.05) is 5.39 Å². The lowest BCUT2D eigenvalue weighted by Gasteiger charge is -1.99. The molecule has 0 radical (unpaired) electrons. The maximum Gasteiger partial charge on any atom is 0.352 e. The van der Waals surface area contributed by atoms with Gasteiger partial charge in [0.1, 0.15) is 16.8 Å². The van der Waals surface area contributed by atoms with E-state index in [4.69, 9.17) is 4.74 Å². The minimum absolute atomic E-state index is 0.118. The Kier molecular flexibility index (Phi) is 2.75. The van der Waals surface area contributed by atoms with Crippen molar-refractivity contribution in [3.63, 3.8) is 0 Å². The Morgan fingerprint density at radius 3 is 3.00 bits per heavy atom. The Bertz CT molecular complexity index is 784. The van der Waals surface area contributed by atoms with E-state index in [0.717, 1.165) is 11.5 Å². The van der Waals surface area contributed by atoms with Gasteiger partial charge in [-0.25, -0.2) is 4.79 Å². The van der Waals surface area contributed by atoms with E-state index >= 15 is 0 Å². The maximum absolute atomic E-state index is 11.8. The lowest BCUT2D eigenvalue weighted by atomic mass is 10.2. The van der Waals surface area contributed by atoms with Gasteiger partial charge >= 0.3 is 5.97 Å². The average molecular weight is 275 g/mol. The van der Waals surface area contributed by atoms with Crippen LogP contribution in [-0.2, 0) is 4.74 Å². The highest BCUT2D eigenvalue weighted by Gasteiger charge is 2.19. The van der Waals surface area contributed by atoms with Crippen LogP contribution in [0.15, 0.2) is 18.2 Å². The number of fused-ring (bicyclic) bond motifs is 3. The van der Waals surface area contributed by atoms with Crippen molar-refractivity contribution in [3.05, 3.63) is 23.1 Å². The maximum atomic E-state index is 11.8. The Labute approximate surface area is 111 Å². The molecule has 0 aliphatic carbocycles. The Morgan fingerprint density at radius 2 is 2.21 bits per heavy atom. The predicted octanol–water partition coefficient (Wildman–Crippen LogP) is 2.12. The average Bonchev–Trinajstić information content (AvgIpc) is 2.83. The molecule has 7 heteroatoms. The quantitative estimate of drug-likeness (QED) is 0.721. The van der Waals surface area contributed by atoms with Gasteiger partial charge in [-0.2, -0.15) is 4.37 Å². The number of nitrogens with zero attached hydrogens (tertiary/aromatic N) is 3. The number of hydrogen-bond acceptors (Lipinski definition) is 7. The molecule has 0 aliphatic rings. The lowest BCUT2D eigenvalue weighted by Crippen LogP contribution is -2.03. The second-order valence-corrected chi connectivity index (χ2v) is 4.60. The van der Waals surface area contributed by atoms with E-state index in [1.807, 2.05) is 0 Å². The molecule has 3 aromatic rings. The lowest BCUT2D eigenvalue weighted by molar-refractivity contribution is 0.0534. The van der Waals surface area contributed by atoms with Gasteiger partial charge in [-0.15, -0.1) is 10.2 Å². The van der Waals surface area contributed by atoms with Crippen molar-refractivity contribution in [2.45, 2.75) is 6.92 Å². The number of benzene rings is 1. The van der Waals surface area contributed by atoms with Crippen molar-refractivity contribution in [2.75, 3.05) is 6.61 Å². The van der Waals surface area contributed by atoms with Crippen LogP contribution in [0.2, 0.25) is 0 Å². The first-order valence-electron chi connectivity index (χ1n) is 5.62. The Hall–Kier alpha value is -2.28. The normalized spacial score (nSPS) is 11.0. The van der Waals surface area contributed by atoms with Crippen molar-refractivity contribution in [1.29, 1.82) is 0 Å². The number of ether oxygens (including phenoxy) is 1. The summed E-state index contributed by atoms with van der Waals surface area (Å²) in [5, 5.41) is 18.2. The number of hydrogen-bond donors (Lipinski definition) is 1. The molecule has 6 nitrogen and oxygen atoms in total. The molecule has 0 amide bonds. The van der Waals surface area contributed by atoms with Crippen molar-refractivity contribution in [1.82, 2.24) is 14.6 Å². The summed E-state index contributed by atoms with van der Waals surface area (Å²) in [4.78, 5) is 12.1. The highest BCUT2D eigenvalue weighted by Crippen LogP contribution is 2.28. The molecule has 1 aromatic carbocycles. The van der Waals surface area contributed by atoms with Gasteiger partial charge < -0.3 is 9.84 Å². The zero-order valence-corrected chi connectivity index (χ0v) is 10.8. The highest BCUT2D eigenvalue weighted by molar-refractivity contribution is 7.09. The molecule has 2 heterocycles. The van der Waals surface area contributed by atoms with Crippen LogP contribution < -0.4 is 0 Å². The van der Waals surface area contributed by atoms with Gasteiger partial charge in [0.15, 0.2) is 4.88 Å². The standard InChI is InChI=1S/C12H9N3O3S/c1-2-18-12(17)11-10-9(15-19-11)7-5-6(16)3-4-8(7)13-14-10/h3-5,16H,2H2,1H3. The molecule has 0 unspecified atom stereocenters. The van der Waals surface area contributed by atoms with Gasteiger partial charge in [0.05, 0.1) is 12.1 Å². The monoisotopic (exact) mass is 275 g/mol. The van der Waals surface area contributed by atoms with Gasteiger partial charge in [-0.05, 0) is 36.7 Å². The third-order valence-corrected chi connectivity index (χ3v) is 3.44. The number of phenols is 1. The van der Waals surface area contributed by atoms with E-state index in [1.54, 1.807) is 19.1 Å². The SMILES string of the molecule is CCOC(=O)c1snc2c1nnc1ccc(O)cc12. The zero-order chi connectivity index (χ0) is 13.4. The molecule has 0 fully saturated rings. The minimum Gasteiger partial charge on any atom is -0.508 e. The van der Waals surface area contributed by atoms with E-state index in [-0.39, 0.29) is 5.75 Å². The van der Waals surface area contributed by atoms with Crippen LogP contribution >= 0.6 is 11.5 Å². The van der Waals surface area contributed by atoms with Crippen LogP contribution in [0, 0.1) is 0 Å². The Morgan fingerprint density at radius 1 is 1.37 bits per heavy atom. The van der Waals surface area contributed by atoms with Gasteiger partial charge in [0.2, 0.25) is 0 Å². The van der Waals surface area contributed by atoms with Crippen LogP contribution in [-0.4, -0.2) is 32.3 Å². The summed E-state index contributed by atoms with van der Waals surface area (Å²) in [6.07, 6.45) is 0. The van der Waals surface area contributed by atoms with Crippen molar-refractivity contribution < 1.29 is 14.6 Å². The van der Waals surface area contributed by atoms with Crippen LogP contribution in [0.25, 0.3) is 21.9 Å². The molecule has 3 rings (SSSR count). The molecule has 0 saturated carbocycles. The molecular formula is C12H9N3O3S. The van der Waals surface area contributed by atoms with Crippen LogP contribution in [0.3, 0.4) is 0 Å². The molecular weight excluding hydrogens is 266 g/mol. The fourth-order valence-electron chi connectivity index (χ4n) is 1.79. The first-order valence-corrected chi connectivity index (χ1v) is 6.40. The molecule has 0 spiro atoms. The molecule has 0 atom stereocenters. The number of aromatic nitrogens is 3. The third kappa shape index (κ3) is 1.88. The summed E-state index contributed by atoms with van der Waals surface area (Å²) >= 11 is 1.02. The van der Waals surface area contributed by atoms with Gasteiger partial charge in [-0.3, -0.25) is 0 Å². The largest absolute Gasteiger partial charge is 0.508 e. The van der Waals surface area contributed by atoms with E-state index in [0.29, 0.717) is 33.4 Å². The first kappa shape index (κ1) is 11.8. The third-order valence-electron chi connectivity index (χ3n) is 2.62. The molecule has 0 saturated heterocycles. The highest BCUT2D eigenvalue weighted by atomic mass is 32.1. The van der Waals surface area contributed by atoms with Gasteiger partial charge in [-0.1, -0.05) is 0 Å². The number of rotatable bonds is 2.